The summed E-state index contributed by atoms with van der Waals surface area (Å²) in [5.41, 5.74) is -1.60. The van der Waals surface area contributed by atoms with Crippen LogP contribution in [0.15, 0.2) is 0 Å². The van der Waals surface area contributed by atoms with Crippen LogP contribution in [0.25, 0.3) is 0 Å². The van der Waals surface area contributed by atoms with Crippen LogP contribution in [0.4, 0.5) is 22.0 Å². The first kappa shape index (κ1) is 13.5. The number of hydrogen-bond donors (Lipinski definition) is 1. The van der Waals surface area contributed by atoms with Crippen LogP contribution < -0.4 is 4.74 Å². The average Bonchev–Trinajstić information content (AvgIpc) is 2.22. The number of carboxylic acids is 1. The Labute approximate surface area is 95.4 Å². The molecule has 0 heterocycles. The Morgan fingerprint density at radius 2 is 1.71 bits per heavy atom. The molecule has 0 radical (unpaired) electrons. The maximum Gasteiger partial charge on any atom is 0.387 e. The number of aromatic carboxylic acids is 1. The Morgan fingerprint density at radius 1 is 1.18 bits per heavy atom. The zero-order chi connectivity index (χ0) is 13.3. The molecule has 0 saturated heterocycles. The van der Waals surface area contributed by atoms with Gasteiger partial charge in [0.25, 0.3) is 0 Å². The summed E-state index contributed by atoms with van der Waals surface area (Å²) < 4.78 is 66.2. The SMILES string of the molecule is O=C(O)c1c(F)c(Cl)c(F)c(F)c1OC(F)F. The molecule has 1 rings (SSSR count). The molecule has 1 aromatic rings. The highest BCUT2D eigenvalue weighted by atomic mass is 35.5. The summed E-state index contributed by atoms with van der Waals surface area (Å²) in [6.07, 6.45) is 0. The molecule has 0 atom stereocenters. The molecule has 0 spiro atoms. The minimum atomic E-state index is -3.65. The van der Waals surface area contributed by atoms with Gasteiger partial charge in [-0.2, -0.15) is 13.2 Å². The van der Waals surface area contributed by atoms with Crippen molar-refractivity contribution in [2.24, 2.45) is 0 Å². The van der Waals surface area contributed by atoms with Gasteiger partial charge in [-0.25, -0.2) is 13.6 Å². The Morgan fingerprint density at radius 3 is 2.12 bits per heavy atom. The second-order valence-electron chi connectivity index (χ2n) is 2.64. The second kappa shape index (κ2) is 4.74. The van der Waals surface area contributed by atoms with Gasteiger partial charge in [-0.15, -0.1) is 0 Å². The van der Waals surface area contributed by atoms with Crippen molar-refractivity contribution in [1.82, 2.24) is 0 Å². The van der Waals surface area contributed by atoms with Gasteiger partial charge < -0.3 is 9.84 Å². The third-order valence-electron chi connectivity index (χ3n) is 1.64. The minimum absolute atomic E-state index is 1.46. The molecule has 0 aromatic heterocycles. The molecule has 1 aromatic carbocycles. The van der Waals surface area contributed by atoms with Crippen molar-refractivity contribution < 1.29 is 36.6 Å². The van der Waals surface area contributed by atoms with Crippen molar-refractivity contribution in [3.05, 3.63) is 28.0 Å². The normalized spacial score (nSPS) is 10.8. The van der Waals surface area contributed by atoms with Crippen molar-refractivity contribution in [2.45, 2.75) is 6.61 Å². The van der Waals surface area contributed by atoms with Gasteiger partial charge in [-0.05, 0) is 0 Å². The van der Waals surface area contributed by atoms with Crippen LogP contribution in [-0.4, -0.2) is 17.7 Å². The van der Waals surface area contributed by atoms with Gasteiger partial charge in [-0.3, -0.25) is 0 Å². The van der Waals surface area contributed by atoms with Crippen LogP contribution >= 0.6 is 11.6 Å². The zero-order valence-electron chi connectivity index (χ0n) is 7.61. The minimum Gasteiger partial charge on any atom is -0.477 e. The Balaban J connectivity index is 3.59. The van der Waals surface area contributed by atoms with E-state index < -0.39 is 46.4 Å². The molecule has 0 aliphatic rings. The molecule has 0 aliphatic heterocycles. The van der Waals surface area contributed by atoms with E-state index in [4.69, 9.17) is 16.7 Å². The molecule has 0 bridgehead atoms. The zero-order valence-corrected chi connectivity index (χ0v) is 8.36. The molecule has 0 unspecified atom stereocenters. The predicted molar refractivity (Wildman–Crippen MR) is 44.9 cm³/mol. The summed E-state index contributed by atoms with van der Waals surface area (Å²) in [6, 6.07) is 0. The van der Waals surface area contributed by atoms with Crippen LogP contribution in [0.5, 0.6) is 5.75 Å². The van der Waals surface area contributed by atoms with E-state index in [0.717, 1.165) is 0 Å². The number of halogens is 6. The molecule has 0 aliphatic carbocycles. The molecule has 3 nitrogen and oxygen atoms in total. The highest BCUT2D eigenvalue weighted by molar-refractivity contribution is 6.31. The fourth-order valence-electron chi connectivity index (χ4n) is 1.00. The number of carbonyl (C=O) groups is 1. The van der Waals surface area contributed by atoms with Crippen LogP contribution in [0, 0.1) is 17.5 Å². The number of ether oxygens (including phenoxy) is 1. The summed E-state index contributed by atoms with van der Waals surface area (Å²) >= 11 is 4.94. The predicted octanol–water partition coefficient (Wildman–Crippen LogP) is 3.06. The van der Waals surface area contributed by atoms with Crippen LogP contribution in [0.3, 0.4) is 0 Å². The van der Waals surface area contributed by atoms with Crippen molar-refractivity contribution in [1.29, 1.82) is 0 Å². The molecule has 94 valence electrons. The van der Waals surface area contributed by atoms with E-state index in [-0.39, 0.29) is 0 Å². The van der Waals surface area contributed by atoms with E-state index in [9.17, 15) is 26.7 Å². The Hall–Kier alpha value is -1.57. The lowest BCUT2D eigenvalue weighted by Crippen LogP contribution is -2.13. The first-order chi connectivity index (χ1) is 7.77. The summed E-state index contributed by atoms with van der Waals surface area (Å²) in [7, 11) is 0. The second-order valence-corrected chi connectivity index (χ2v) is 3.02. The largest absolute Gasteiger partial charge is 0.477 e. The summed E-state index contributed by atoms with van der Waals surface area (Å²) in [5.74, 6) is -9.88. The average molecular weight is 277 g/mol. The monoisotopic (exact) mass is 276 g/mol. The van der Waals surface area contributed by atoms with Crippen molar-refractivity contribution in [3.63, 3.8) is 0 Å². The highest BCUT2D eigenvalue weighted by Crippen LogP contribution is 2.34. The molecule has 1 N–H and O–H groups in total. The third-order valence-corrected chi connectivity index (χ3v) is 1.98. The number of hydrogen-bond acceptors (Lipinski definition) is 2. The van der Waals surface area contributed by atoms with Gasteiger partial charge in [0.2, 0.25) is 5.82 Å². The van der Waals surface area contributed by atoms with E-state index in [1.807, 2.05) is 0 Å². The fourth-order valence-corrected chi connectivity index (χ4v) is 1.18. The molecule has 0 saturated carbocycles. The van der Waals surface area contributed by atoms with Crippen molar-refractivity contribution >= 4 is 17.6 Å². The van der Waals surface area contributed by atoms with Gasteiger partial charge in [0.05, 0.1) is 0 Å². The molecule has 0 fully saturated rings. The number of carboxylic acid groups (broad SMARTS) is 1. The smallest absolute Gasteiger partial charge is 0.387 e. The summed E-state index contributed by atoms with van der Waals surface area (Å²) in [5, 5.41) is 7.03. The van der Waals surface area contributed by atoms with E-state index in [1.54, 1.807) is 0 Å². The topological polar surface area (TPSA) is 46.5 Å². The Bertz CT molecular complexity index is 477. The van der Waals surface area contributed by atoms with Crippen LogP contribution in [0.1, 0.15) is 10.4 Å². The highest BCUT2D eigenvalue weighted by Gasteiger charge is 2.30. The number of alkyl halides is 2. The molecule has 9 heteroatoms. The van der Waals surface area contributed by atoms with Crippen LogP contribution in [0.2, 0.25) is 5.02 Å². The van der Waals surface area contributed by atoms with Gasteiger partial charge in [-0.1, -0.05) is 11.6 Å². The fraction of sp³-hybridized carbons (Fsp3) is 0.125. The molecule has 0 amide bonds. The first-order valence-electron chi connectivity index (χ1n) is 3.81. The molecular formula is C8H2ClF5O3. The van der Waals surface area contributed by atoms with E-state index in [2.05, 4.69) is 4.74 Å². The maximum absolute atomic E-state index is 13.2. The summed E-state index contributed by atoms with van der Waals surface area (Å²) in [6.45, 7) is -3.65. The third kappa shape index (κ3) is 2.41. The van der Waals surface area contributed by atoms with Gasteiger partial charge in [0, 0.05) is 0 Å². The van der Waals surface area contributed by atoms with Crippen molar-refractivity contribution in [3.8, 4) is 5.75 Å². The number of benzene rings is 1. The van der Waals surface area contributed by atoms with Gasteiger partial charge >= 0.3 is 12.6 Å². The van der Waals surface area contributed by atoms with Crippen molar-refractivity contribution in [2.75, 3.05) is 0 Å². The van der Waals surface area contributed by atoms with E-state index >= 15 is 0 Å². The van der Waals surface area contributed by atoms with Crippen LogP contribution in [-0.2, 0) is 0 Å². The lowest BCUT2D eigenvalue weighted by molar-refractivity contribution is -0.0532. The van der Waals surface area contributed by atoms with Gasteiger partial charge in [0.1, 0.15) is 10.6 Å². The lowest BCUT2D eigenvalue weighted by atomic mass is 10.1. The Kier molecular flexibility index (Phi) is 3.76. The quantitative estimate of drug-likeness (QED) is 0.524. The van der Waals surface area contributed by atoms with E-state index in [0.29, 0.717) is 0 Å². The number of rotatable bonds is 3. The summed E-state index contributed by atoms with van der Waals surface area (Å²) in [4.78, 5) is 10.5. The standard InChI is InChI=1S/C8H2ClF5O3/c9-2-3(10)1(7(15)16)6(17-8(13)14)5(12)4(2)11/h8H,(H,15,16). The first-order valence-corrected chi connectivity index (χ1v) is 4.19. The molecular weight excluding hydrogens is 275 g/mol. The maximum atomic E-state index is 13.2. The lowest BCUT2D eigenvalue weighted by Gasteiger charge is -2.11. The molecule has 17 heavy (non-hydrogen) atoms. The van der Waals surface area contributed by atoms with Gasteiger partial charge in [0.15, 0.2) is 17.4 Å². The van der Waals surface area contributed by atoms with E-state index in [1.165, 1.54) is 0 Å².